The minimum absolute atomic E-state index is 3.02. The Balaban J connectivity index is 3.60. The first kappa shape index (κ1) is 7.12. The molecule has 5 nitrogen and oxygen atoms in total. The van der Waals surface area contributed by atoms with Gasteiger partial charge in [-0.25, -0.2) is 0 Å². The Bertz CT molecular complexity index is 121. The standard InChI is InChI=1S/ClHO5S/c1-5-6-7(2,3)4/h(H,2,3,4). The van der Waals surface area contributed by atoms with Crippen LogP contribution in [0.25, 0.3) is 0 Å². The van der Waals surface area contributed by atoms with E-state index in [1.165, 1.54) is 0 Å². The lowest BCUT2D eigenvalue weighted by molar-refractivity contribution is -0.0944. The highest BCUT2D eigenvalue weighted by Gasteiger charge is 2.02. The summed E-state index contributed by atoms with van der Waals surface area (Å²) in [5.74, 6) is 0. The zero-order valence-electron chi connectivity index (χ0n) is 2.87. The minimum Gasteiger partial charge on any atom is -0.262 e. The highest BCUT2D eigenvalue weighted by atomic mass is 35.5. The van der Waals surface area contributed by atoms with E-state index in [9.17, 15) is 8.42 Å². The summed E-state index contributed by atoms with van der Waals surface area (Å²) in [5.41, 5.74) is 0. The van der Waals surface area contributed by atoms with Gasteiger partial charge < -0.3 is 0 Å². The molecule has 0 bridgehead atoms. The van der Waals surface area contributed by atoms with Gasteiger partial charge in [-0.2, -0.15) is 8.42 Å². The zero-order valence-corrected chi connectivity index (χ0v) is 4.44. The van der Waals surface area contributed by atoms with Gasteiger partial charge in [0.15, 0.2) is 0 Å². The molecule has 0 rings (SSSR count). The largest absolute Gasteiger partial charge is 0.425 e. The van der Waals surface area contributed by atoms with E-state index in [1.54, 1.807) is 0 Å². The van der Waals surface area contributed by atoms with Gasteiger partial charge in [0.2, 0.25) is 0 Å². The van der Waals surface area contributed by atoms with Crippen molar-refractivity contribution in [3.8, 4) is 0 Å². The van der Waals surface area contributed by atoms with Crippen LogP contribution in [-0.4, -0.2) is 13.0 Å². The lowest BCUT2D eigenvalue weighted by Crippen LogP contribution is -1.98. The summed E-state index contributed by atoms with van der Waals surface area (Å²) in [6, 6.07) is 0. The number of halogens is 1. The van der Waals surface area contributed by atoms with Gasteiger partial charge in [0.1, 0.15) is 11.9 Å². The molecule has 1 N–H and O–H groups in total. The summed E-state index contributed by atoms with van der Waals surface area (Å²) in [6.45, 7) is 0. The van der Waals surface area contributed by atoms with Crippen molar-refractivity contribution in [3.05, 3.63) is 0 Å². The Kier molecular flexibility index (Phi) is 2.47. The number of hydrogen-bond donors (Lipinski definition) is 1. The Morgan fingerprint density at radius 3 is 2.00 bits per heavy atom. The molecule has 0 atom stereocenters. The van der Waals surface area contributed by atoms with Gasteiger partial charge in [-0.15, -0.1) is 4.44 Å². The third kappa shape index (κ3) is 6.12. The summed E-state index contributed by atoms with van der Waals surface area (Å²) >= 11 is 4.22. The van der Waals surface area contributed by atoms with Crippen molar-refractivity contribution in [1.29, 1.82) is 0 Å². The highest BCUT2D eigenvalue weighted by molar-refractivity contribution is 7.80. The molecule has 7 heteroatoms. The highest BCUT2D eigenvalue weighted by Crippen LogP contribution is 1.88. The van der Waals surface area contributed by atoms with Crippen LogP contribution in [0.3, 0.4) is 0 Å². The van der Waals surface area contributed by atoms with Crippen molar-refractivity contribution in [3.63, 3.8) is 0 Å². The van der Waals surface area contributed by atoms with E-state index in [2.05, 4.69) is 20.6 Å². The molecule has 7 heavy (non-hydrogen) atoms. The molecule has 0 aliphatic carbocycles. The molecule has 0 radical (unpaired) electrons. The molecule has 0 aromatic carbocycles. The first-order valence-corrected chi connectivity index (χ1v) is 2.68. The lowest BCUT2D eigenvalue weighted by atomic mass is 14.9. The Morgan fingerprint density at radius 2 is 2.00 bits per heavy atom. The SMILES string of the molecule is O=S(=O)(O)OOCl. The molecule has 0 aliphatic heterocycles. The third-order valence-electron chi connectivity index (χ3n) is 0.112. The van der Waals surface area contributed by atoms with E-state index in [-0.39, 0.29) is 0 Å². The van der Waals surface area contributed by atoms with Crippen molar-refractivity contribution < 1.29 is 21.7 Å². The predicted octanol–water partition coefficient (Wildman–Crippen LogP) is -0.109. The van der Waals surface area contributed by atoms with Gasteiger partial charge in [-0.3, -0.25) is 4.55 Å². The Morgan fingerprint density at radius 1 is 1.57 bits per heavy atom. The van der Waals surface area contributed by atoms with Crippen LogP contribution in [0.5, 0.6) is 0 Å². The van der Waals surface area contributed by atoms with Crippen molar-refractivity contribution in [2.45, 2.75) is 0 Å². The second kappa shape index (κ2) is 2.43. The van der Waals surface area contributed by atoms with E-state index in [0.29, 0.717) is 0 Å². The number of hydrogen-bond acceptors (Lipinski definition) is 4. The minimum atomic E-state index is -4.53. The van der Waals surface area contributed by atoms with Gasteiger partial charge >= 0.3 is 10.4 Å². The molecule has 0 aromatic rings. The fourth-order valence-corrected chi connectivity index (χ4v) is 0.292. The maximum absolute atomic E-state index is 9.36. The van der Waals surface area contributed by atoms with E-state index >= 15 is 0 Å². The summed E-state index contributed by atoms with van der Waals surface area (Å²) in [6.07, 6.45) is 0. The average molecular weight is 149 g/mol. The summed E-state index contributed by atoms with van der Waals surface area (Å²) in [5, 5.41) is 0. The van der Waals surface area contributed by atoms with Crippen molar-refractivity contribution in [1.82, 2.24) is 0 Å². The van der Waals surface area contributed by atoms with Gasteiger partial charge in [0.05, 0.1) is 0 Å². The van der Waals surface area contributed by atoms with Gasteiger partial charge in [-0.1, -0.05) is 4.33 Å². The molecule has 0 fully saturated rings. The van der Waals surface area contributed by atoms with Gasteiger partial charge in [0.25, 0.3) is 0 Å². The quantitative estimate of drug-likeness (QED) is 0.336. The fraction of sp³-hybridized carbons (Fsp3) is 0. The molecule has 0 saturated carbocycles. The van der Waals surface area contributed by atoms with Crippen LogP contribution in [-0.2, 0) is 19.2 Å². The summed E-state index contributed by atoms with van der Waals surface area (Å²) in [7, 11) is -4.53. The van der Waals surface area contributed by atoms with E-state index in [0.717, 1.165) is 0 Å². The van der Waals surface area contributed by atoms with Gasteiger partial charge in [-0.05, 0) is 0 Å². The predicted molar refractivity (Wildman–Crippen MR) is 19.6 cm³/mol. The first-order chi connectivity index (χ1) is 3.06. The molecule has 0 saturated heterocycles. The van der Waals surface area contributed by atoms with Crippen LogP contribution < -0.4 is 0 Å². The molecule has 0 amide bonds. The van der Waals surface area contributed by atoms with Crippen molar-refractivity contribution >= 4 is 22.3 Å². The maximum atomic E-state index is 9.36. The topological polar surface area (TPSA) is 72.8 Å². The Labute approximate surface area is 44.8 Å². The maximum Gasteiger partial charge on any atom is 0.425 e. The Hall–Kier alpha value is 0.120. The molecule has 44 valence electrons. The fourth-order valence-electron chi connectivity index (χ4n) is 0.0325. The summed E-state index contributed by atoms with van der Waals surface area (Å²) in [4.78, 5) is 0. The van der Waals surface area contributed by atoms with Crippen LogP contribution in [0.4, 0.5) is 0 Å². The van der Waals surface area contributed by atoms with E-state index in [1.807, 2.05) is 0 Å². The smallest absolute Gasteiger partial charge is 0.262 e. The van der Waals surface area contributed by atoms with E-state index in [4.69, 9.17) is 4.55 Å². The molecule has 0 unspecified atom stereocenters. The lowest BCUT2D eigenvalue weighted by Gasteiger charge is -1.84. The normalized spacial score (nSPS) is 11.7. The second-order valence-electron chi connectivity index (χ2n) is 0.559. The van der Waals surface area contributed by atoms with Crippen LogP contribution in [0, 0.1) is 0 Å². The van der Waals surface area contributed by atoms with Crippen LogP contribution in [0.1, 0.15) is 0 Å². The molecular formula is HClO5S. The van der Waals surface area contributed by atoms with E-state index < -0.39 is 10.4 Å². The average Bonchev–Trinajstić information content (AvgIpc) is 1.30. The van der Waals surface area contributed by atoms with Crippen LogP contribution >= 0.6 is 11.9 Å². The van der Waals surface area contributed by atoms with Gasteiger partial charge in [0, 0.05) is 0 Å². The first-order valence-electron chi connectivity index (χ1n) is 1.00. The molecule has 0 aliphatic rings. The van der Waals surface area contributed by atoms with Crippen LogP contribution in [0.15, 0.2) is 0 Å². The third-order valence-corrected chi connectivity index (χ3v) is 0.489. The molecular weight excluding hydrogens is 148 g/mol. The number of rotatable bonds is 2. The van der Waals surface area contributed by atoms with Crippen molar-refractivity contribution in [2.75, 3.05) is 0 Å². The molecule has 0 heterocycles. The monoisotopic (exact) mass is 148 g/mol. The summed E-state index contributed by atoms with van der Waals surface area (Å²) < 4.78 is 32.3. The van der Waals surface area contributed by atoms with Crippen molar-refractivity contribution in [2.24, 2.45) is 0 Å². The molecule has 0 spiro atoms. The zero-order chi connectivity index (χ0) is 5.91. The van der Waals surface area contributed by atoms with Crippen LogP contribution in [0.2, 0.25) is 0 Å². The molecule has 0 aromatic heterocycles. The second-order valence-corrected chi connectivity index (χ2v) is 1.68.